The van der Waals surface area contributed by atoms with E-state index in [2.05, 4.69) is 19.7 Å². The van der Waals surface area contributed by atoms with E-state index in [9.17, 15) is 44.7 Å². The van der Waals surface area contributed by atoms with E-state index in [1.54, 1.807) is 13.8 Å². The molecule has 0 fully saturated rings. The molecule has 0 rings (SSSR count). The first kappa shape index (κ1) is 30.0. The van der Waals surface area contributed by atoms with E-state index in [1.165, 1.54) is 0 Å². The van der Waals surface area contributed by atoms with Crippen molar-refractivity contribution in [3.8, 4) is 0 Å². The fourth-order valence-electron chi connectivity index (χ4n) is 2.33. The van der Waals surface area contributed by atoms with Gasteiger partial charge in [-0.15, -0.1) is 0 Å². The average Bonchev–Trinajstić information content (AvgIpc) is 2.66. The summed E-state index contributed by atoms with van der Waals surface area (Å²) in [6.45, 7) is 3.52. The molecule has 0 aromatic carbocycles. The highest BCUT2D eigenvalue weighted by atomic mass is 19.3. The summed E-state index contributed by atoms with van der Waals surface area (Å²) in [5, 5.41) is 4.17. The van der Waals surface area contributed by atoms with Gasteiger partial charge in [0.15, 0.2) is 0 Å². The number of ether oxygens (including phenoxy) is 2. The van der Waals surface area contributed by atoms with Crippen molar-refractivity contribution in [1.82, 2.24) is 0 Å². The van der Waals surface area contributed by atoms with Gasteiger partial charge in [-0.05, 0) is 12.8 Å². The van der Waals surface area contributed by atoms with Crippen molar-refractivity contribution < 1.29 is 54.2 Å². The molecule has 0 N–H and O–H groups in total. The van der Waals surface area contributed by atoms with Gasteiger partial charge >= 0.3 is 36.2 Å². The van der Waals surface area contributed by atoms with Crippen LogP contribution in [0.15, 0.2) is 10.2 Å². The van der Waals surface area contributed by atoms with Crippen LogP contribution in [0.4, 0.5) is 44.7 Å². The summed E-state index contributed by atoms with van der Waals surface area (Å²) in [5.74, 6) is -9.56. The van der Waals surface area contributed by atoms with Gasteiger partial charge in [-0.3, -0.25) is 0 Å². The smallest absolute Gasteiger partial charge is 0.377 e. The van der Waals surface area contributed by atoms with Crippen molar-refractivity contribution in [3.63, 3.8) is 0 Å². The lowest BCUT2D eigenvalue weighted by atomic mass is 10.1. The minimum absolute atomic E-state index is 0.221. The fourth-order valence-corrected chi connectivity index (χ4v) is 2.33. The van der Waals surface area contributed by atoms with Crippen LogP contribution in [-0.4, -0.2) is 36.2 Å². The van der Waals surface area contributed by atoms with Gasteiger partial charge in [-0.2, -0.15) is 35.1 Å². The highest BCUT2D eigenvalue weighted by molar-refractivity contribution is 5.73. The number of amides is 2. The summed E-state index contributed by atoms with van der Waals surface area (Å²) < 4.78 is 114. The summed E-state index contributed by atoms with van der Waals surface area (Å²) in [6.07, 6.45) is -16.2. The molecule has 0 bridgehead atoms. The highest BCUT2D eigenvalue weighted by Crippen LogP contribution is 2.40. The van der Waals surface area contributed by atoms with Crippen LogP contribution < -0.4 is 0 Å². The quantitative estimate of drug-likeness (QED) is 0.141. The summed E-state index contributed by atoms with van der Waals surface area (Å²) >= 11 is 0. The summed E-state index contributed by atoms with van der Waals surface area (Å²) in [5.41, 5.74) is 0. The SMILES string of the molecule is CCCCCCC(F)(F)C(F)(F)OC(=O)N=NC(=O)OC(F)(F)C(F)(F)CCCCCC. The molecule has 6 nitrogen and oxygen atoms in total. The molecule has 0 aliphatic carbocycles. The third kappa shape index (κ3) is 10.1. The Morgan fingerprint density at radius 2 is 0.906 bits per heavy atom. The molecule has 14 heteroatoms. The second-order valence-electron chi connectivity index (χ2n) is 7.00. The molecule has 0 spiro atoms. The van der Waals surface area contributed by atoms with Crippen LogP contribution >= 0.6 is 0 Å². The minimum atomic E-state index is -5.34. The zero-order valence-corrected chi connectivity index (χ0v) is 17.6. The lowest BCUT2D eigenvalue weighted by molar-refractivity contribution is -0.323. The van der Waals surface area contributed by atoms with Crippen molar-refractivity contribution in [3.05, 3.63) is 0 Å². The summed E-state index contributed by atoms with van der Waals surface area (Å²) in [4.78, 5) is 22.2. The number of halogens is 8. The van der Waals surface area contributed by atoms with Crippen molar-refractivity contribution >= 4 is 12.2 Å². The molecule has 188 valence electrons. The molecule has 0 aromatic heterocycles. The normalized spacial score (nSPS) is 13.4. The topological polar surface area (TPSA) is 77.3 Å². The van der Waals surface area contributed by atoms with Gasteiger partial charge in [0.1, 0.15) is 0 Å². The summed E-state index contributed by atoms with van der Waals surface area (Å²) in [6, 6.07) is 0. The van der Waals surface area contributed by atoms with Crippen LogP contribution in [0.2, 0.25) is 0 Å². The largest absolute Gasteiger partial charge is 0.467 e. The van der Waals surface area contributed by atoms with Crippen LogP contribution in [0.25, 0.3) is 0 Å². The molecule has 32 heavy (non-hydrogen) atoms. The molecule has 0 unspecified atom stereocenters. The maximum Gasteiger partial charge on any atom is 0.467 e. The Balaban J connectivity index is 4.83. The second kappa shape index (κ2) is 12.9. The molecule has 0 aliphatic rings. The highest BCUT2D eigenvalue weighted by Gasteiger charge is 2.60. The predicted molar refractivity (Wildman–Crippen MR) is 95.1 cm³/mol. The van der Waals surface area contributed by atoms with Crippen molar-refractivity contribution in [1.29, 1.82) is 0 Å². The Bertz CT molecular complexity index is 578. The number of hydrogen-bond donors (Lipinski definition) is 0. The maximum absolute atomic E-state index is 13.5. The Hall–Kier alpha value is -2.02. The maximum atomic E-state index is 13.5. The van der Waals surface area contributed by atoms with Crippen molar-refractivity contribution in [2.45, 2.75) is 102 Å². The number of carbonyl (C=O) groups excluding carboxylic acids is 2. The zero-order valence-electron chi connectivity index (χ0n) is 17.6. The molecule has 0 aromatic rings. The van der Waals surface area contributed by atoms with Crippen LogP contribution in [0, 0.1) is 0 Å². The van der Waals surface area contributed by atoms with Gasteiger partial charge in [0.2, 0.25) is 0 Å². The number of carbonyl (C=O) groups is 2. The minimum Gasteiger partial charge on any atom is -0.377 e. The number of alkyl halides is 8. The van der Waals surface area contributed by atoms with E-state index >= 15 is 0 Å². The molecular weight excluding hydrogens is 460 g/mol. The van der Waals surface area contributed by atoms with E-state index in [4.69, 9.17) is 0 Å². The first-order valence-electron chi connectivity index (χ1n) is 10.0. The van der Waals surface area contributed by atoms with Crippen LogP contribution in [0.3, 0.4) is 0 Å². The molecule has 0 aliphatic heterocycles. The Kier molecular flexibility index (Phi) is 12.1. The zero-order chi connectivity index (χ0) is 25.1. The van der Waals surface area contributed by atoms with E-state index < -0.39 is 49.1 Å². The first-order chi connectivity index (χ1) is 14.6. The molecule has 0 saturated heterocycles. The molecule has 0 heterocycles. The van der Waals surface area contributed by atoms with Crippen molar-refractivity contribution in [2.24, 2.45) is 10.2 Å². The van der Waals surface area contributed by atoms with Crippen molar-refractivity contribution in [2.75, 3.05) is 0 Å². The van der Waals surface area contributed by atoms with Gasteiger partial charge in [-0.25, -0.2) is 9.59 Å². The Morgan fingerprint density at radius 1 is 0.594 bits per heavy atom. The molecule has 0 radical (unpaired) electrons. The Labute approximate surface area is 179 Å². The first-order valence-corrected chi connectivity index (χ1v) is 10.0. The van der Waals surface area contributed by atoms with E-state index in [-0.39, 0.29) is 25.7 Å². The van der Waals surface area contributed by atoms with Crippen LogP contribution in [0.1, 0.15) is 78.1 Å². The number of azo groups is 1. The molecule has 0 saturated carbocycles. The van der Waals surface area contributed by atoms with Gasteiger partial charge < -0.3 is 9.47 Å². The lowest BCUT2D eigenvalue weighted by Crippen LogP contribution is -2.44. The Morgan fingerprint density at radius 3 is 1.19 bits per heavy atom. The van der Waals surface area contributed by atoms with Gasteiger partial charge in [-0.1, -0.05) is 62.6 Å². The second-order valence-corrected chi connectivity index (χ2v) is 7.00. The third-order valence-electron chi connectivity index (χ3n) is 4.18. The molecular formula is C18H26F8N2O4. The lowest BCUT2D eigenvalue weighted by Gasteiger charge is -2.25. The van der Waals surface area contributed by atoms with E-state index in [1.807, 2.05) is 0 Å². The molecule has 2 amide bonds. The monoisotopic (exact) mass is 486 g/mol. The predicted octanol–water partition coefficient (Wildman–Crippen LogP) is 8.11. The van der Waals surface area contributed by atoms with Crippen LogP contribution in [0.5, 0.6) is 0 Å². The summed E-state index contributed by atoms with van der Waals surface area (Å²) in [7, 11) is 0. The average molecular weight is 486 g/mol. The standard InChI is InChI=1S/C18H26F8N2O4/c1-3-5-7-9-11-15(19,20)17(23,24)31-13(29)27-28-14(30)32-18(25,26)16(21,22)12-10-8-6-4-2/h3-12H2,1-2H3. The van der Waals surface area contributed by atoms with Gasteiger partial charge in [0, 0.05) is 12.8 Å². The van der Waals surface area contributed by atoms with E-state index in [0.717, 1.165) is 0 Å². The van der Waals surface area contributed by atoms with E-state index in [0.29, 0.717) is 25.7 Å². The fraction of sp³-hybridized carbons (Fsp3) is 0.889. The number of unbranched alkanes of at least 4 members (excludes halogenated alkanes) is 6. The molecule has 0 atom stereocenters. The van der Waals surface area contributed by atoms with Gasteiger partial charge in [0.05, 0.1) is 0 Å². The third-order valence-corrected chi connectivity index (χ3v) is 4.18. The number of hydrogen-bond acceptors (Lipinski definition) is 4. The van der Waals surface area contributed by atoms with Crippen LogP contribution in [-0.2, 0) is 9.47 Å². The number of rotatable bonds is 14. The number of nitrogens with zero attached hydrogens (tertiary/aromatic N) is 2. The van der Waals surface area contributed by atoms with Gasteiger partial charge in [0.25, 0.3) is 0 Å².